The second-order valence-corrected chi connectivity index (χ2v) is 2.82. The minimum absolute atomic E-state index is 0.145. The van der Waals surface area contributed by atoms with Crippen molar-refractivity contribution in [3.8, 4) is 0 Å². The van der Waals surface area contributed by atoms with Crippen LogP contribution in [0.5, 0.6) is 0 Å². The SMILES string of the molecule is CCCn1nnc(CCO)c1C. The summed E-state index contributed by atoms with van der Waals surface area (Å²) in [6.07, 6.45) is 1.66. The molecule has 0 amide bonds. The van der Waals surface area contributed by atoms with E-state index in [1.807, 2.05) is 11.6 Å². The number of hydrogen-bond donors (Lipinski definition) is 1. The Bertz CT molecular complexity index is 221. The lowest BCUT2D eigenvalue weighted by atomic mass is 10.2. The van der Waals surface area contributed by atoms with Crippen LogP contribution in [-0.4, -0.2) is 26.7 Å². The third-order valence-electron chi connectivity index (χ3n) is 1.86. The van der Waals surface area contributed by atoms with Gasteiger partial charge < -0.3 is 5.11 Å². The fraction of sp³-hybridized carbons (Fsp3) is 0.750. The van der Waals surface area contributed by atoms with Crippen molar-refractivity contribution in [2.45, 2.75) is 33.2 Å². The fourth-order valence-electron chi connectivity index (χ4n) is 1.16. The maximum atomic E-state index is 8.71. The Morgan fingerprint density at radius 3 is 2.83 bits per heavy atom. The third-order valence-corrected chi connectivity index (χ3v) is 1.86. The fourth-order valence-corrected chi connectivity index (χ4v) is 1.16. The molecule has 12 heavy (non-hydrogen) atoms. The molecule has 0 spiro atoms. The van der Waals surface area contributed by atoms with Gasteiger partial charge in [0.05, 0.1) is 11.4 Å². The summed E-state index contributed by atoms with van der Waals surface area (Å²) in [5.41, 5.74) is 1.98. The van der Waals surface area contributed by atoms with E-state index in [1.165, 1.54) is 0 Å². The van der Waals surface area contributed by atoms with E-state index in [4.69, 9.17) is 5.11 Å². The number of rotatable bonds is 4. The summed E-state index contributed by atoms with van der Waals surface area (Å²) < 4.78 is 1.88. The topological polar surface area (TPSA) is 50.9 Å². The van der Waals surface area contributed by atoms with Crippen LogP contribution in [0.15, 0.2) is 0 Å². The molecule has 0 saturated carbocycles. The van der Waals surface area contributed by atoms with Crippen LogP contribution in [0.4, 0.5) is 0 Å². The van der Waals surface area contributed by atoms with Crippen molar-refractivity contribution < 1.29 is 5.11 Å². The second kappa shape index (κ2) is 4.21. The van der Waals surface area contributed by atoms with Crippen molar-refractivity contribution in [2.75, 3.05) is 6.61 Å². The van der Waals surface area contributed by atoms with E-state index < -0.39 is 0 Å². The highest BCUT2D eigenvalue weighted by Gasteiger charge is 2.05. The maximum Gasteiger partial charge on any atom is 0.0879 e. The van der Waals surface area contributed by atoms with Gasteiger partial charge in [-0.25, -0.2) is 4.68 Å². The summed E-state index contributed by atoms with van der Waals surface area (Å²) in [7, 11) is 0. The van der Waals surface area contributed by atoms with E-state index in [0.717, 1.165) is 24.4 Å². The Balaban J connectivity index is 2.74. The molecule has 0 aliphatic rings. The molecule has 1 aromatic heterocycles. The molecule has 1 heterocycles. The first-order valence-corrected chi connectivity index (χ1v) is 4.29. The normalized spacial score (nSPS) is 10.6. The van der Waals surface area contributed by atoms with Crippen molar-refractivity contribution >= 4 is 0 Å². The van der Waals surface area contributed by atoms with Gasteiger partial charge >= 0.3 is 0 Å². The van der Waals surface area contributed by atoms with Crippen LogP contribution in [0.2, 0.25) is 0 Å². The predicted molar refractivity (Wildman–Crippen MR) is 45.8 cm³/mol. The zero-order chi connectivity index (χ0) is 8.97. The van der Waals surface area contributed by atoms with Gasteiger partial charge in [0, 0.05) is 19.6 Å². The largest absolute Gasteiger partial charge is 0.396 e. The Hall–Kier alpha value is -0.900. The average molecular weight is 169 g/mol. The quantitative estimate of drug-likeness (QED) is 0.715. The highest BCUT2D eigenvalue weighted by Crippen LogP contribution is 2.04. The molecule has 0 radical (unpaired) electrons. The van der Waals surface area contributed by atoms with Gasteiger partial charge in [0.1, 0.15) is 0 Å². The Kier molecular flexibility index (Phi) is 3.22. The average Bonchev–Trinajstić information content (AvgIpc) is 2.38. The van der Waals surface area contributed by atoms with E-state index in [9.17, 15) is 0 Å². The monoisotopic (exact) mass is 169 g/mol. The summed E-state index contributed by atoms with van der Waals surface area (Å²) in [5.74, 6) is 0. The van der Waals surface area contributed by atoms with Crippen molar-refractivity contribution in [3.05, 3.63) is 11.4 Å². The molecule has 1 rings (SSSR count). The van der Waals surface area contributed by atoms with E-state index in [-0.39, 0.29) is 6.61 Å². The molecule has 68 valence electrons. The standard InChI is InChI=1S/C8H15N3O/c1-3-5-11-7(2)8(4-6-12)9-10-11/h12H,3-6H2,1-2H3. The zero-order valence-corrected chi connectivity index (χ0v) is 7.62. The highest BCUT2D eigenvalue weighted by atomic mass is 16.3. The molecular formula is C8H15N3O. The number of hydrogen-bond acceptors (Lipinski definition) is 3. The first kappa shape index (κ1) is 9.19. The van der Waals surface area contributed by atoms with Crippen LogP contribution in [-0.2, 0) is 13.0 Å². The lowest BCUT2D eigenvalue weighted by molar-refractivity contribution is 0.298. The van der Waals surface area contributed by atoms with Crippen LogP contribution in [0.1, 0.15) is 24.7 Å². The van der Waals surface area contributed by atoms with Gasteiger partial charge in [0.2, 0.25) is 0 Å². The number of aliphatic hydroxyl groups is 1. The molecule has 0 bridgehead atoms. The molecule has 0 saturated heterocycles. The van der Waals surface area contributed by atoms with Crippen LogP contribution < -0.4 is 0 Å². The molecule has 0 atom stereocenters. The van der Waals surface area contributed by atoms with Gasteiger partial charge in [-0.15, -0.1) is 5.10 Å². The highest BCUT2D eigenvalue weighted by molar-refractivity contribution is 5.07. The van der Waals surface area contributed by atoms with Crippen LogP contribution in [0, 0.1) is 6.92 Å². The smallest absolute Gasteiger partial charge is 0.0879 e. The first-order valence-electron chi connectivity index (χ1n) is 4.29. The molecule has 0 unspecified atom stereocenters. The molecule has 0 aliphatic heterocycles. The second-order valence-electron chi connectivity index (χ2n) is 2.82. The van der Waals surface area contributed by atoms with E-state index in [2.05, 4.69) is 17.2 Å². The Morgan fingerprint density at radius 2 is 2.25 bits per heavy atom. The Morgan fingerprint density at radius 1 is 1.50 bits per heavy atom. The number of nitrogens with zero attached hydrogens (tertiary/aromatic N) is 3. The van der Waals surface area contributed by atoms with E-state index in [1.54, 1.807) is 0 Å². The molecule has 4 nitrogen and oxygen atoms in total. The molecule has 1 N–H and O–H groups in total. The minimum Gasteiger partial charge on any atom is -0.396 e. The van der Waals surface area contributed by atoms with Crippen molar-refractivity contribution in [1.82, 2.24) is 15.0 Å². The van der Waals surface area contributed by atoms with Crippen LogP contribution in [0.3, 0.4) is 0 Å². The summed E-state index contributed by atoms with van der Waals surface area (Å²) in [6.45, 7) is 5.14. The molecule has 1 aromatic rings. The molecule has 4 heteroatoms. The van der Waals surface area contributed by atoms with E-state index in [0.29, 0.717) is 6.42 Å². The maximum absolute atomic E-state index is 8.71. The minimum atomic E-state index is 0.145. The summed E-state index contributed by atoms with van der Waals surface area (Å²) in [4.78, 5) is 0. The van der Waals surface area contributed by atoms with Gasteiger partial charge in [0.15, 0.2) is 0 Å². The summed E-state index contributed by atoms with van der Waals surface area (Å²) >= 11 is 0. The molecule has 0 fully saturated rings. The van der Waals surface area contributed by atoms with Gasteiger partial charge in [-0.2, -0.15) is 0 Å². The predicted octanol–water partition coefficient (Wildman–Crippen LogP) is 0.531. The number of aliphatic hydroxyl groups excluding tert-OH is 1. The lowest BCUT2D eigenvalue weighted by Gasteiger charge is -1.99. The Labute approximate surface area is 72.2 Å². The van der Waals surface area contributed by atoms with Gasteiger partial charge in [-0.1, -0.05) is 12.1 Å². The molecular weight excluding hydrogens is 154 g/mol. The van der Waals surface area contributed by atoms with Crippen molar-refractivity contribution in [1.29, 1.82) is 0 Å². The van der Waals surface area contributed by atoms with Gasteiger partial charge in [-0.05, 0) is 13.3 Å². The molecule has 0 aromatic carbocycles. The van der Waals surface area contributed by atoms with Gasteiger partial charge in [0.25, 0.3) is 0 Å². The van der Waals surface area contributed by atoms with Crippen molar-refractivity contribution in [3.63, 3.8) is 0 Å². The first-order chi connectivity index (χ1) is 5.79. The summed E-state index contributed by atoms with van der Waals surface area (Å²) in [5, 5.41) is 16.7. The number of aryl methyl sites for hydroxylation is 1. The van der Waals surface area contributed by atoms with Crippen LogP contribution in [0.25, 0.3) is 0 Å². The summed E-state index contributed by atoms with van der Waals surface area (Å²) in [6, 6.07) is 0. The zero-order valence-electron chi connectivity index (χ0n) is 7.62. The lowest BCUT2D eigenvalue weighted by Crippen LogP contribution is -2.02. The van der Waals surface area contributed by atoms with Crippen molar-refractivity contribution in [2.24, 2.45) is 0 Å². The van der Waals surface area contributed by atoms with Crippen LogP contribution >= 0.6 is 0 Å². The van der Waals surface area contributed by atoms with Gasteiger partial charge in [-0.3, -0.25) is 0 Å². The third kappa shape index (κ3) is 1.82. The molecule has 0 aliphatic carbocycles. The van der Waals surface area contributed by atoms with E-state index >= 15 is 0 Å². The number of aromatic nitrogens is 3.